The van der Waals surface area contributed by atoms with Crippen molar-refractivity contribution >= 4 is 5.97 Å². The molecule has 0 aromatic carbocycles. The summed E-state index contributed by atoms with van der Waals surface area (Å²) in [6, 6.07) is 0.302. The lowest BCUT2D eigenvalue weighted by Gasteiger charge is -2.17. The number of nitrogens with one attached hydrogen (secondary N) is 1. The number of rotatable bonds is 10. The van der Waals surface area contributed by atoms with E-state index in [1.165, 1.54) is 0 Å². The summed E-state index contributed by atoms with van der Waals surface area (Å²) in [5.41, 5.74) is 5.46. The van der Waals surface area contributed by atoms with Crippen molar-refractivity contribution < 1.29 is 15.0 Å². The van der Waals surface area contributed by atoms with Gasteiger partial charge in [0.2, 0.25) is 0 Å². The Kier molecular flexibility index (Phi) is 9.46. The van der Waals surface area contributed by atoms with Gasteiger partial charge in [0.15, 0.2) is 0 Å². The predicted octanol–water partition coefficient (Wildman–Crippen LogP) is -0.0693. The van der Waals surface area contributed by atoms with E-state index in [0.29, 0.717) is 25.6 Å². The average Bonchev–Trinajstić information content (AvgIpc) is 2.20. The highest BCUT2D eigenvalue weighted by Crippen LogP contribution is 2.01. The van der Waals surface area contributed by atoms with Crippen molar-refractivity contribution in [2.24, 2.45) is 5.73 Å². The molecule has 0 spiro atoms. The monoisotopic (exact) mass is 218 g/mol. The van der Waals surface area contributed by atoms with Crippen molar-refractivity contribution in [1.29, 1.82) is 0 Å². The van der Waals surface area contributed by atoms with Crippen molar-refractivity contribution in [2.45, 2.75) is 38.1 Å². The van der Waals surface area contributed by atoms with Crippen molar-refractivity contribution in [3.8, 4) is 0 Å². The van der Waals surface area contributed by atoms with Gasteiger partial charge in [0, 0.05) is 19.1 Å². The molecule has 0 rings (SSSR count). The molecule has 0 fully saturated rings. The Balaban J connectivity index is 3.51. The molecular formula is C10H22N2O3. The molecule has 0 aliphatic carbocycles. The normalized spacial score (nSPS) is 12.7. The average molecular weight is 218 g/mol. The molecule has 5 nitrogen and oxygen atoms in total. The number of nitrogens with two attached hydrogens (primary N) is 1. The van der Waals surface area contributed by atoms with Crippen LogP contribution in [0.5, 0.6) is 0 Å². The van der Waals surface area contributed by atoms with E-state index >= 15 is 0 Å². The molecule has 1 atom stereocenters. The standard InChI is InChI=1S/C10H22N2O3/c11-6-5-9(3-2-8-13)12-7-1-4-10(14)15/h9,12-13H,1-8,11H2,(H,14,15). The van der Waals surface area contributed by atoms with Crippen LogP contribution in [0.15, 0.2) is 0 Å². The molecule has 5 N–H and O–H groups in total. The van der Waals surface area contributed by atoms with Gasteiger partial charge in [-0.1, -0.05) is 0 Å². The largest absolute Gasteiger partial charge is 0.481 e. The summed E-state index contributed by atoms with van der Waals surface area (Å²) < 4.78 is 0. The smallest absolute Gasteiger partial charge is 0.303 e. The van der Waals surface area contributed by atoms with Gasteiger partial charge >= 0.3 is 5.97 Å². The number of hydrogen-bond acceptors (Lipinski definition) is 4. The maximum absolute atomic E-state index is 10.3. The van der Waals surface area contributed by atoms with E-state index in [9.17, 15) is 4.79 Å². The maximum atomic E-state index is 10.3. The molecule has 0 bridgehead atoms. The molecule has 0 aromatic heterocycles. The van der Waals surface area contributed by atoms with Crippen LogP contribution in [-0.2, 0) is 4.79 Å². The fourth-order valence-corrected chi connectivity index (χ4v) is 1.43. The number of aliphatic carboxylic acids is 1. The lowest BCUT2D eigenvalue weighted by atomic mass is 10.1. The van der Waals surface area contributed by atoms with Crippen LogP contribution in [0.2, 0.25) is 0 Å². The first-order chi connectivity index (χ1) is 7.20. The van der Waals surface area contributed by atoms with Gasteiger partial charge in [-0.05, 0) is 38.8 Å². The molecule has 0 aromatic rings. The SMILES string of the molecule is NCCC(CCCO)NCCCC(=O)O. The van der Waals surface area contributed by atoms with Crippen LogP contribution in [0.1, 0.15) is 32.1 Å². The Bertz CT molecular complexity index is 165. The molecule has 0 aliphatic rings. The first-order valence-corrected chi connectivity index (χ1v) is 5.46. The third kappa shape index (κ3) is 9.65. The molecule has 0 aliphatic heterocycles. The Hall–Kier alpha value is -0.650. The quantitative estimate of drug-likeness (QED) is 0.385. The van der Waals surface area contributed by atoms with Crippen LogP contribution < -0.4 is 11.1 Å². The minimum atomic E-state index is -0.762. The van der Waals surface area contributed by atoms with Crippen LogP contribution in [0, 0.1) is 0 Å². The molecule has 0 heterocycles. The number of carboxylic acids is 1. The number of carbonyl (C=O) groups is 1. The second-order valence-electron chi connectivity index (χ2n) is 3.59. The van der Waals surface area contributed by atoms with Crippen LogP contribution in [0.3, 0.4) is 0 Å². The van der Waals surface area contributed by atoms with Crippen molar-refractivity contribution in [2.75, 3.05) is 19.7 Å². The summed E-state index contributed by atoms with van der Waals surface area (Å²) in [6.45, 7) is 1.50. The number of hydrogen-bond donors (Lipinski definition) is 4. The van der Waals surface area contributed by atoms with E-state index < -0.39 is 5.97 Å². The Morgan fingerprint density at radius 2 is 2.07 bits per heavy atom. The van der Waals surface area contributed by atoms with Gasteiger partial charge < -0.3 is 21.3 Å². The topological polar surface area (TPSA) is 95.6 Å². The van der Waals surface area contributed by atoms with Crippen LogP contribution in [0.4, 0.5) is 0 Å². The Labute approximate surface area is 90.7 Å². The summed E-state index contributed by atoms with van der Waals surface area (Å²) in [5.74, 6) is -0.762. The van der Waals surface area contributed by atoms with Gasteiger partial charge in [0.25, 0.3) is 0 Å². The van der Waals surface area contributed by atoms with Crippen LogP contribution >= 0.6 is 0 Å². The van der Waals surface area contributed by atoms with E-state index in [0.717, 1.165) is 19.3 Å². The number of carboxylic acid groups (broad SMARTS) is 1. The predicted molar refractivity (Wildman–Crippen MR) is 58.7 cm³/mol. The lowest BCUT2D eigenvalue weighted by molar-refractivity contribution is -0.137. The highest BCUT2D eigenvalue weighted by Gasteiger charge is 2.06. The summed E-state index contributed by atoms with van der Waals surface area (Å²) >= 11 is 0. The molecule has 5 heteroatoms. The summed E-state index contributed by atoms with van der Waals surface area (Å²) in [4.78, 5) is 10.3. The summed E-state index contributed by atoms with van der Waals surface area (Å²) in [7, 11) is 0. The molecule has 15 heavy (non-hydrogen) atoms. The first-order valence-electron chi connectivity index (χ1n) is 5.46. The highest BCUT2D eigenvalue weighted by atomic mass is 16.4. The Morgan fingerprint density at radius 3 is 2.60 bits per heavy atom. The zero-order chi connectivity index (χ0) is 11.5. The van der Waals surface area contributed by atoms with E-state index in [4.69, 9.17) is 15.9 Å². The minimum Gasteiger partial charge on any atom is -0.481 e. The van der Waals surface area contributed by atoms with E-state index in [1.54, 1.807) is 0 Å². The zero-order valence-corrected chi connectivity index (χ0v) is 9.11. The van der Waals surface area contributed by atoms with Crippen molar-refractivity contribution in [3.05, 3.63) is 0 Å². The zero-order valence-electron chi connectivity index (χ0n) is 9.11. The molecule has 0 radical (unpaired) electrons. The lowest BCUT2D eigenvalue weighted by Crippen LogP contribution is -2.32. The summed E-state index contributed by atoms with van der Waals surface area (Å²) in [6.07, 6.45) is 3.35. The molecule has 1 unspecified atom stereocenters. The maximum Gasteiger partial charge on any atom is 0.303 e. The number of aliphatic hydroxyl groups excluding tert-OH is 1. The van der Waals surface area contributed by atoms with Crippen LogP contribution in [-0.4, -0.2) is 41.9 Å². The van der Waals surface area contributed by atoms with Gasteiger partial charge in [-0.15, -0.1) is 0 Å². The van der Waals surface area contributed by atoms with Crippen molar-refractivity contribution in [1.82, 2.24) is 5.32 Å². The molecule has 0 saturated heterocycles. The third-order valence-electron chi connectivity index (χ3n) is 2.23. The van der Waals surface area contributed by atoms with Gasteiger partial charge in [-0.2, -0.15) is 0 Å². The highest BCUT2D eigenvalue weighted by molar-refractivity contribution is 5.66. The van der Waals surface area contributed by atoms with Crippen LogP contribution in [0.25, 0.3) is 0 Å². The first kappa shape index (κ1) is 14.3. The molecular weight excluding hydrogens is 196 g/mol. The van der Waals surface area contributed by atoms with Crippen molar-refractivity contribution in [3.63, 3.8) is 0 Å². The van der Waals surface area contributed by atoms with E-state index in [2.05, 4.69) is 5.32 Å². The fourth-order valence-electron chi connectivity index (χ4n) is 1.43. The van der Waals surface area contributed by atoms with E-state index in [1.807, 2.05) is 0 Å². The van der Waals surface area contributed by atoms with E-state index in [-0.39, 0.29) is 13.0 Å². The molecule has 0 saturated carbocycles. The number of aliphatic hydroxyl groups is 1. The van der Waals surface area contributed by atoms with Gasteiger partial charge in [-0.25, -0.2) is 0 Å². The minimum absolute atomic E-state index is 0.192. The summed E-state index contributed by atoms with van der Waals surface area (Å²) in [5, 5.41) is 20.4. The molecule has 90 valence electrons. The Morgan fingerprint density at radius 1 is 1.33 bits per heavy atom. The second-order valence-corrected chi connectivity index (χ2v) is 3.59. The van der Waals surface area contributed by atoms with Gasteiger partial charge in [0.1, 0.15) is 0 Å². The fraction of sp³-hybridized carbons (Fsp3) is 0.900. The second kappa shape index (κ2) is 9.89. The van der Waals surface area contributed by atoms with Gasteiger partial charge in [0.05, 0.1) is 0 Å². The third-order valence-corrected chi connectivity index (χ3v) is 2.23. The van der Waals surface area contributed by atoms with Gasteiger partial charge in [-0.3, -0.25) is 4.79 Å². The molecule has 0 amide bonds.